The molecule has 0 radical (unpaired) electrons. The Labute approximate surface area is 187 Å². The maximum absolute atomic E-state index is 12.9. The molecule has 0 N–H and O–H groups in total. The third kappa shape index (κ3) is 5.15. The summed E-state index contributed by atoms with van der Waals surface area (Å²) >= 11 is 8.00. The van der Waals surface area contributed by atoms with Gasteiger partial charge >= 0.3 is 0 Å². The lowest BCUT2D eigenvalue weighted by molar-refractivity contribution is -0.128. The highest BCUT2D eigenvalue weighted by molar-refractivity contribution is 8.00. The van der Waals surface area contributed by atoms with Crippen LogP contribution in [0.25, 0.3) is 10.8 Å². The van der Waals surface area contributed by atoms with Crippen molar-refractivity contribution in [2.75, 3.05) is 31.9 Å². The van der Waals surface area contributed by atoms with Crippen LogP contribution >= 0.6 is 23.4 Å². The number of amides is 1. The van der Waals surface area contributed by atoms with Gasteiger partial charge in [0.05, 0.1) is 11.4 Å². The van der Waals surface area contributed by atoms with Gasteiger partial charge in [-0.3, -0.25) is 14.7 Å². The van der Waals surface area contributed by atoms with Crippen molar-refractivity contribution in [1.29, 1.82) is 0 Å². The number of carbonyl (C=O) groups excluding carboxylic acids is 1. The summed E-state index contributed by atoms with van der Waals surface area (Å²) in [5.41, 5.74) is 2.14. The summed E-state index contributed by atoms with van der Waals surface area (Å²) in [7, 11) is 0. The van der Waals surface area contributed by atoms with Crippen LogP contribution in [0.2, 0.25) is 5.02 Å². The molecule has 0 unspecified atom stereocenters. The number of rotatable bonds is 5. The van der Waals surface area contributed by atoms with Gasteiger partial charge in [0.2, 0.25) is 5.91 Å². The first-order valence-corrected chi connectivity index (χ1v) is 11.7. The number of thioether (sulfide) groups is 1. The molecule has 3 aromatic rings. The van der Waals surface area contributed by atoms with Gasteiger partial charge in [-0.25, -0.2) is 0 Å². The van der Waals surface area contributed by atoms with Crippen molar-refractivity contribution in [2.24, 2.45) is 0 Å². The first-order chi connectivity index (χ1) is 14.6. The summed E-state index contributed by atoms with van der Waals surface area (Å²) < 4.78 is 0. The van der Waals surface area contributed by atoms with E-state index in [1.54, 1.807) is 11.8 Å². The summed E-state index contributed by atoms with van der Waals surface area (Å²) in [6.45, 7) is 6.31. The maximum Gasteiger partial charge on any atom is 0.232 e. The van der Waals surface area contributed by atoms with Crippen LogP contribution in [0.5, 0.6) is 0 Å². The van der Waals surface area contributed by atoms with Crippen molar-refractivity contribution in [3.63, 3.8) is 0 Å². The quantitative estimate of drug-likeness (QED) is 0.523. The zero-order chi connectivity index (χ0) is 20.9. The number of pyridine rings is 1. The van der Waals surface area contributed by atoms with E-state index >= 15 is 0 Å². The third-order valence-electron chi connectivity index (χ3n) is 5.44. The van der Waals surface area contributed by atoms with Crippen LogP contribution < -0.4 is 0 Å². The Morgan fingerprint density at radius 3 is 2.67 bits per heavy atom. The summed E-state index contributed by atoms with van der Waals surface area (Å²) in [5, 5.41) is 2.88. The minimum Gasteiger partial charge on any atom is -0.341 e. The van der Waals surface area contributed by atoms with Gasteiger partial charge < -0.3 is 4.90 Å². The van der Waals surface area contributed by atoms with Crippen LogP contribution in [0.4, 0.5) is 0 Å². The monoisotopic (exact) mass is 439 g/mol. The van der Waals surface area contributed by atoms with Gasteiger partial charge in [-0.15, -0.1) is 11.8 Å². The van der Waals surface area contributed by atoms with E-state index in [2.05, 4.69) is 34.1 Å². The van der Waals surface area contributed by atoms with Gasteiger partial charge in [-0.05, 0) is 43.0 Å². The Balaban J connectivity index is 1.35. The van der Waals surface area contributed by atoms with Crippen LogP contribution in [0.3, 0.4) is 0 Å². The molecular weight excluding hydrogens is 414 g/mol. The fraction of sp³-hybridized carbons (Fsp3) is 0.333. The highest BCUT2D eigenvalue weighted by Crippen LogP contribution is 2.33. The molecule has 0 saturated carbocycles. The van der Waals surface area contributed by atoms with Crippen LogP contribution in [-0.4, -0.2) is 52.6 Å². The molecule has 0 spiro atoms. The van der Waals surface area contributed by atoms with Gasteiger partial charge in [0.1, 0.15) is 0 Å². The topological polar surface area (TPSA) is 36.4 Å². The van der Waals surface area contributed by atoms with Crippen LogP contribution in [0.15, 0.2) is 59.5 Å². The van der Waals surface area contributed by atoms with Crippen LogP contribution in [0, 0.1) is 6.92 Å². The van der Waals surface area contributed by atoms with Crippen molar-refractivity contribution in [2.45, 2.75) is 24.8 Å². The van der Waals surface area contributed by atoms with E-state index in [9.17, 15) is 4.79 Å². The second kappa shape index (κ2) is 9.82. The number of aromatic nitrogens is 1. The minimum absolute atomic E-state index is 0.194. The van der Waals surface area contributed by atoms with Crippen molar-refractivity contribution in [1.82, 2.24) is 14.8 Å². The van der Waals surface area contributed by atoms with Crippen LogP contribution in [0.1, 0.15) is 17.8 Å². The minimum atomic E-state index is 0.194. The number of hydrogen-bond acceptors (Lipinski definition) is 4. The number of carbonyl (C=O) groups is 1. The van der Waals surface area contributed by atoms with Gasteiger partial charge in [-0.1, -0.05) is 41.9 Å². The average molecular weight is 440 g/mol. The van der Waals surface area contributed by atoms with Crippen molar-refractivity contribution >= 4 is 40.0 Å². The SMILES string of the molecule is Cc1cccc(CN2CCCN(C(=O)CSc3cccc4cccc(Cl)c34)CC2)n1. The van der Waals surface area contributed by atoms with E-state index in [1.165, 1.54) is 0 Å². The smallest absolute Gasteiger partial charge is 0.232 e. The van der Waals surface area contributed by atoms with Crippen molar-refractivity contribution < 1.29 is 4.79 Å². The lowest BCUT2D eigenvalue weighted by atomic mass is 10.1. The van der Waals surface area contributed by atoms with E-state index < -0.39 is 0 Å². The Morgan fingerprint density at radius 1 is 1.03 bits per heavy atom. The number of benzene rings is 2. The summed E-state index contributed by atoms with van der Waals surface area (Å²) in [6, 6.07) is 18.2. The van der Waals surface area contributed by atoms with E-state index in [0.29, 0.717) is 5.75 Å². The van der Waals surface area contributed by atoms with Gasteiger partial charge in [0.15, 0.2) is 0 Å². The zero-order valence-corrected chi connectivity index (χ0v) is 18.8. The molecule has 1 fully saturated rings. The molecule has 0 bridgehead atoms. The molecule has 1 aromatic heterocycles. The summed E-state index contributed by atoms with van der Waals surface area (Å²) in [6.07, 6.45) is 0.988. The number of fused-ring (bicyclic) bond motifs is 1. The fourth-order valence-corrected chi connectivity index (χ4v) is 5.26. The largest absolute Gasteiger partial charge is 0.341 e. The highest BCUT2D eigenvalue weighted by Gasteiger charge is 2.20. The molecule has 1 aliphatic heterocycles. The van der Waals surface area contributed by atoms with E-state index in [0.717, 1.165) is 71.2 Å². The summed E-state index contributed by atoms with van der Waals surface area (Å²) in [5.74, 6) is 0.628. The Hall–Kier alpha value is -2.08. The number of nitrogens with zero attached hydrogens (tertiary/aromatic N) is 3. The van der Waals surface area contributed by atoms with Crippen LogP contribution in [-0.2, 0) is 11.3 Å². The van der Waals surface area contributed by atoms with E-state index in [1.807, 2.05) is 42.2 Å². The first kappa shape index (κ1) is 21.2. The molecule has 30 heavy (non-hydrogen) atoms. The predicted molar refractivity (Wildman–Crippen MR) is 125 cm³/mol. The Kier molecular flexibility index (Phi) is 6.93. The molecule has 0 atom stereocenters. The molecule has 4 rings (SSSR count). The Morgan fingerprint density at radius 2 is 1.83 bits per heavy atom. The predicted octanol–water partition coefficient (Wildman–Crippen LogP) is 5.02. The zero-order valence-electron chi connectivity index (χ0n) is 17.2. The fourth-order valence-electron chi connectivity index (χ4n) is 3.91. The maximum atomic E-state index is 12.9. The van der Waals surface area contributed by atoms with Crippen molar-refractivity contribution in [3.8, 4) is 0 Å². The lowest BCUT2D eigenvalue weighted by Gasteiger charge is -2.22. The summed E-state index contributed by atoms with van der Waals surface area (Å²) in [4.78, 5) is 23.0. The molecule has 4 nitrogen and oxygen atoms in total. The molecule has 1 saturated heterocycles. The average Bonchev–Trinajstić information content (AvgIpc) is 2.98. The van der Waals surface area contributed by atoms with Gasteiger partial charge in [-0.2, -0.15) is 0 Å². The molecular formula is C24H26ClN3OS. The lowest BCUT2D eigenvalue weighted by Crippen LogP contribution is -2.36. The highest BCUT2D eigenvalue weighted by atomic mass is 35.5. The van der Waals surface area contributed by atoms with E-state index in [4.69, 9.17) is 11.6 Å². The normalized spacial score (nSPS) is 15.3. The molecule has 0 aliphatic carbocycles. The number of halogens is 1. The van der Waals surface area contributed by atoms with Crippen molar-refractivity contribution in [3.05, 3.63) is 71.0 Å². The molecule has 1 amide bonds. The molecule has 6 heteroatoms. The molecule has 1 aliphatic rings. The second-order valence-electron chi connectivity index (χ2n) is 7.66. The van der Waals surface area contributed by atoms with Gasteiger partial charge in [0, 0.05) is 53.7 Å². The first-order valence-electron chi connectivity index (χ1n) is 10.3. The van der Waals surface area contributed by atoms with Gasteiger partial charge in [0.25, 0.3) is 0 Å². The third-order valence-corrected chi connectivity index (χ3v) is 6.80. The number of aryl methyl sites for hydroxylation is 1. The van der Waals surface area contributed by atoms with E-state index in [-0.39, 0.29) is 5.91 Å². The molecule has 156 valence electrons. The number of hydrogen-bond donors (Lipinski definition) is 0. The second-order valence-corrected chi connectivity index (χ2v) is 9.09. The molecule has 2 aromatic carbocycles. The molecule has 2 heterocycles. The Bertz CT molecular complexity index is 1040. The standard InChI is InChI=1S/C24H26ClN3OS/c1-18-6-2-9-20(26-18)16-27-12-5-13-28(15-14-27)23(29)17-30-22-11-4-8-19-7-3-10-21(25)24(19)22/h2-4,6-11H,5,12-17H2,1H3.